The third-order valence-corrected chi connectivity index (χ3v) is 6.60. The summed E-state index contributed by atoms with van der Waals surface area (Å²) in [4.78, 5) is 14.1. The summed E-state index contributed by atoms with van der Waals surface area (Å²) in [5.41, 5.74) is 0. The van der Waals surface area contributed by atoms with Crippen LogP contribution < -0.4 is 0 Å². The van der Waals surface area contributed by atoms with Gasteiger partial charge in [0.1, 0.15) is 5.78 Å². The van der Waals surface area contributed by atoms with Gasteiger partial charge in [-0.25, -0.2) is 0 Å². The highest BCUT2D eigenvalue weighted by Crippen LogP contribution is 2.27. The molecule has 92 valence electrons. The molecule has 4 heteroatoms. The van der Waals surface area contributed by atoms with Crippen LogP contribution >= 0.6 is 23.5 Å². The number of hydrogen-bond acceptors (Lipinski definition) is 4. The Bertz CT molecular complexity index is 253. The monoisotopic (exact) mass is 259 g/mol. The van der Waals surface area contributed by atoms with Crippen molar-refractivity contribution in [3.63, 3.8) is 0 Å². The molecule has 0 amide bonds. The van der Waals surface area contributed by atoms with Crippen molar-refractivity contribution in [2.45, 2.75) is 31.6 Å². The van der Waals surface area contributed by atoms with Crippen LogP contribution in [-0.2, 0) is 4.79 Å². The molecule has 0 aliphatic carbocycles. The van der Waals surface area contributed by atoms with Crippen molar-refractivity contribution in [3.05, 3.63) is 0 Å². The summed E-state index contributed by atoms with van der Waals surface area (Å²) in [5.74, 6) is 4.58. The normalized spacial score (nSPS) is 37.6. The number of piperidine rings is 1. The van der Waals surface area contributed by atoms with Crippen molar-refractivity contribution in [1.82, 2.24) is 4.90 Å². The molecule has 0 aromatic heterocycles. The Kier molecular flexibility index (Phi) is 4.62. The van der Waals surface area contributed by atoms with Crippen LogP contribution in [0.15, 0.2) is 0 Å². The molecule has 2 nitrogen and oxygen atoms in total. The molecule has 0 saturated carbocycles. The zero-order valence-electron chi connectivity index (χ0n) is 10.1. The smallest absolute Gasteiger partial charge is 0.138 e. The molecule has 0 aromatic rings. The third-order valence-electron chi connectivity index (χ3n) is 3.78. The van der Waals surface area contributed by atoms with Gasteiger partial charge in [-0.2, -0.15) is 23.5 Å². The fourth-order valence-corrected chi connectivity index (χ4v) is 5.13. The van der Waals surface area contributed by atoms with Gasteiger partial charge in [-0.3, -0.25) is 9.69 Å². The van der Waals surface area contributed by atoms with Crippen molar-refractivity contribution in [3.8, 4) is 0 Å². The highest BCUT2D eigenvalue weighted by atomic mass is 32.2. The Hall–Kier alpha value is 0.330. The van der Waals surface area contributed by atoms with Crippen LogP contribution in [-0.4, -0.2) is 52.3 Å². The number of carbonyl (C=O) groups is 1. The maximum Gasteiger partial charge on any atom is 0.138 e. The lowest BCUT2D eigenvalue weighted by Gasteiger charge is -2.39. The predicted molar refractivity (Wildman–Crippen MR) is 73.4 cm³/mol. The van der Waals surface area contributed by atoms with E-state index in [4.69, 9.17) is 0 Å². The fraction of sp³-hybridized carbons (Fsp3) is 0.917. The second-order valence-electron chi connectivity index (χ2n) is 4.81. The van der Waals surface area contributed by atoms with E-state index in [0.29, 0.717) is 11.8 Å². The minimum Gasteiger partial charge on any atom is -0.299 e. The Balaban J connectivity index is 1.86. The zero-order chi connectivity index (χ0) is 11.5. The van der Waals surface area contributed by atoms with Crippen LogP contribution in [0, 0.1) is 5.92 Å². The molecule has 2 aliphatic rings. The minimum atomic E-state index is 0.231. The first-order chi connectivity index (χ1) is 7.68. The summed E-state index contributed by atoms with van der Waals surface area (Å²) in [6.45, 7) is 6.45. The van der Waals surface area contributed by atoms with Gasteiger partial charge in [-0.05, 0) is 6.92 Å². The van der Waals surface area contributed by atoms with E-state index >= 15 is 0 Å². The topological polar surface area (TPSA) is 20.3 Å². The van der Waals surface area contributed by atoms with Gasteiger partial charge in [0, 0.05) is 54.0 Å². The van der Waals surface area contributed by atoms with Gasteiger partial charge in [0.05, 0.1) is 0 Å². The first kappa shape index (κ1) is 12.8. The molecule has 0 aromatic carbocycles. The third kappa shape index (κ3) is 2.96. The van der Waals surface area contributed by atoms with Gasteiger partial charge in [-0.15, -0.1) is 0 Å². The summed E-state index contributed by atoms with van der Waals surface area (Å²) in [5, 5.41) is 0.779. The average molecular weight is 259 g/mol. The molecule has 2 fully saturated rings. The average Bonchev–Trinajstić information content (AvgIpc) is 2.31. The lowest BCUT2D eigenvalue weighted by Crippen LogP contribution is -2.49. The lowest BCUT2D eigenvalue weighted by molar-refractivity contribution is -0.127. The Morgan fingerprint density at radius 2 is 2.19 bits per heavy atom. The van der Waals surface area contributed by atoms with Gasteiger partial charge in [0.2, 0.25) is 0 Å². The molecule has 0 spiro atoms. The molecule has 2 saturated heterocycles. The summed E-state index contributed by atoms with van der Waals surface area (Å²) in [7, 11) is 0. The van der Waals surface area contributed by atoms with E-state index in [9.17, 15) is 4.79 Å². The molecule has 2 aliphatic heterocycles. The van der Waals surface area contributed by atoms with E-state index in [-0.39, 0.29) is 5.92 Å². The Labute approximate surface area is 107 Å². The van der Waals surface area contributed by atoms with Crippen molar-refractivity contribution < 1.29 is 4.79 Å². The summed E-state index contributed by atoms with van der Waals surface area (Å²) < 4.78 is 0. The number of carbonyl (C=O) groups excluding carboxylic acids is 1. The summed E-state index contributed by atoms with van der Waals surface area (Å²) in [6, 6.07) is 0.439. The highest BCUT2D eigenvalue weighted by molar-refractivity contribution is 8.06. The van der Waals surface area contributed by atoms with E-state index < -0.39 is 0 Å². The molecule has 0 radical (unpaired) electrons. The second kappa shape index (κ2) is 5.78. The van der Waals surface area contributed by atoms with E-state index in [2.05, 4.69) is 42.3 Å². The number of nitrogens with zero attached hydrogens (tertiary/aromatic N) is 1. The number of Topliss-reactive ketones (excluding diaryl/α,β-unsaturated/α-hetero) is 1. The molecule has 0 N–H and O–H groups in total. The van der Waals surface area contributed by atoms with Crippen LogP contribution in [0.5, 0.6) is 0 Å². The van der Waals surface area contributed by atoms with E-state index in [1.807, 2.05) is 0 Å². The highest BCUT2D eigenvalue weighted by Gasteiger charge is 2.32. The number of hydrogen-bond donors (Lipinski definition) is 0. The van der Waals surface area contributed by atoms with E-state index in [1.54, 1.807) is 0 Å². The quantitative estimate of drug-likeness (QED) is 0.757. The Morgan fingerprint density at radius 1 is 1.38 bits per heavy atom. The fourth-order valence-electron chi connectivity index (χ4n) is 2.43. The molecule has 3 unspecified atom stereocenters. The molecular formula is C12H21NOS2. The number of likely N-dealkylation sites (tertiary alicyclic amines) is 1. The number of thioether (sulfide) groups is 2. The molecule has 0 bridgehead atoms. The molecule has 3 atom stereocenters. The van der Waals surface area contributed by atoms with E-state index in [1.165, 1.54) is 23.8 Å². The van der Waals surface area contributed by atoms with Gasteiger partial charge in [0.15, 0.2) is 0 Å². The van der Waals surface area contributed by atoms with Gasteiger partial charge in [0.25, 0.3) is 0 Å². The summed E-state index contributed by atoms with van der Waals surface area (Å²) in [6.07, 6.45) is 0.760. The molecule has 2 rings (SSSR count). The maximum absolute atomic E-state index is 11.6. The van der Waals surface area contributed by atoms with Gasteiger partial charge < -0.3 is 0 Å². The van der Waals surface area contributed by atoms with Crippen LogP contribution in [0.3, 0.4) is 0 Å². The maximum atomic E-state index is 11.6. The first-order valence-corrected chi connectivity index (χ1v) is 8.35. The van der Waals surface area contributed by atoms with Crippen LogP contribution in [0.25, 0.3) is 0 Å². The summed E-state index contributed by atoms with van der Waals surface area (Å²) >= 11 is 4.19. The largest absolute Gasteiger partial charge is 0.299 e. The SMILES string of the molecule is CC1C(=O)CCN(CC2CSCCS2)C1C. The molecule has 2 heterocycles. The predicted octanol–water partition coefficient (Wildman–Crippen LogP) is 2.13. The van der Waals surface area contributed by atoms with E-state index in [0.717, 1.165) is 18.2 Å². The van der Waals surface area contributed by atoms with Crippen LogP contribution in [0.2, 0.25) is 0 Å². The molecular weight excluding hydrogens is 238 g/mol. The standard InChI is InChI=1S/C12H21NOS2/c1-9-10(2)13(4-3-12(9)14)7-11-8-15-5-6-16-11/h9-11H,3-8H2,1-2H3. The van der Waals surface area contributed by atoms with Crippen molar-refractivity contribution in [2.24, 2.45) is 5.92 Å². The van der Waals surface area contributed by atoms with Crippen molar-refractivity contribution in [2.75, 3.05) is 30.3 Å². The van der Waals surface area contributed by atoms with Crippen molar-refractivity contribution >= 4 is 29.3 Å². The van der Waals surface area contributed by atoms with Crippen LogP contribution in [0.1, 0.15) is 20.3 Å². The minimum absolute atomic E-state index is 0.231. The number of rotatable bonds is 2. The van der Waals surface area contributed by atoms with Gasteiger partial charge in [-0.1, -0.05) is 6.92 Å². The zero-order valence-corrected chi connectivity index (χ0v) is 11.8. The molecule has 16 heavy (non-hydrogen) atoms. The first-order valence-electron chi connectivity index (χ1n) is 6.14. The Morgan fingerprint density at radius 3 is 2.88 bits per heavy atom. The van der Waals surface area contributed by atoms with Crippen LogP contribution in [0.4, 0.5) is 0 Å². The van der Waals surface area contributed by atoms with Gasteiger partial charge >= 0.3 is 0 Å². The second-order valence-corrected chi connectivity index (χ2v) is 7.37. The number of ketones is 1. The lowest BCUT2D eigenvalue weighted by atomic mass is 9.90. The van der Waals surface area contributed by atoms with Crippen molar-refractivity contribution in [1.29, 1.82) is 0 Å².